The van der Waals surface area contributed by atoms with Crippen LogP contribution in [0.3, 0.4) is 0 Å². The maximum absolute atomic E-state index is 12.8. The number of carbonyl (C=O) groups is 1. The molecule has 0 bridgehead atoms. The van der Waals surface area contributed by atoms with Crippen molar-refractivity contribution >= 4 is 5.91 Å². The largest absolute Gasteiger partial charge is 0.339 e. The molecule has 2 aromatic rings. The van der Waals surface area contributed by atoms with E-state index in [1.165, 1.54) is 16.8 Å². The highest BCUT2D eigenvalue weighted by molar-refractivity contribution is 5.77. The lowest BCUT2D eigenvalue weighted by Crippen LogP contribution is -2.36. The predicted octanol–water partition coefficient (Wildman–Crippen LogP) is 3.84. The Morgan fingerprint density at radius 3 is 2.80 bits per heavy atom. The van der Waals surface area contributed by atoms with Crippen molar-refractivity contribution in [2.45, 2.75) is 50.5 Å². The molecule has 0 aliphatic heterocycles. The molecule has 1 saturated carbocycles. The highest BCUT2D eigenvalue weighted by Gasteiger charge is 2.34. The Morgan fingerprint density at radius 2 is 2.04 bits per heavy atom. The van der Waals surface area contributed by atoms with Gasteiger partial charge < -0.3 is 4.90 Å². The van der Waals surface area contributed by atoms with E-state index >= 15 is 0 Å². The molecule has 1 fully saturated rings. The summed E-state index contributed by atoms with van der Waals surface area (Å²) in [6.07, 6.45) is 8.20. The molecule has 0 N–H and O–H groups in total. The van der Waals surface area contributed by atoms with Gasteiger partial charge in [-0.25, -0.2) is 0 Å². The molecular weight excluding hydrogens is 310 g/mol. The zero-order chi connectivity index (χ0) is 17.4. The molecule has 2 aliphatic rings. The van der Waals surface area contributed by atoms with Gasteiger partial charge in [0, 0.05) is 31.8 Å². The van der Waals surface area contributed by atoms with Gasteiger partial charge in [0.05, 0.1) is 12.2 Å². The lowest BCUT2D eigenvalue weighted by Gasteiger charge is -2.38. The van der Waals surface area contributed by atoms with Crippen LogP contribution in [0.5, 0.6) is 0 Å². The van der Waals surface area contributed by atoms with Gasteiger partial charge in [-0.1, -0.05) is 30.3 Å². The van der Waals surface area contributed by atoms with Gasteiger partial charge in [0.25, 0.3) is 0 Å². The van der Waals surface area contributed by atoms with E-state index < -0.39 is 0 Å². The van der Waals surface area contributed by atoms with Crippen molar-refractivity contribution in [1.82, 2.24) is 14.7 Å². The fraction of sp³-hybridized carbons (Fsp3) is 0.524. The number of benzene rings is 1. The molecule has 25 heavy (non-hydrogen) atoms. The van der Waals surface area contributed by atoms with Gasteiger partial charge >= 0.3 is 0 Å². The van der Waals surface area contributed by atoms with Gasteiger partial charge in [-0.15, -0.1) is 0 Å². The van der Waals surface area contributed by atoms with E-state index in [4.69, 9.17) is 0 Å². The first-order valence-electron chi connectivity index (χ1n) is 9.45. The molecule has 1 amide bonds. The van der Waals surface area contributed by atoms with Gasteiger partial charge in [0.2, 0.25) is 5.91 Å². The Kier molecular flexibility index (Phi) is 4.36. The van der Waals surface area contributed by atoms with E-state index in [0.29, 0.717) is 24.2 Å². The topological polar surface area (TPSA) is 38.1 Å². The fourth-order valence-corrected chi connectivity index (χ4v) is 4.55. The van der Waals surface area contributed by atoms with E-state index in [-0.39, 0.29) is 6.04 Å². The fourth-order valence-electron chi connectivity index (χ4n) is 4.55. The zero-order valence-electron chi connectivity index (χ0n) is 15.2. The molecular formula is C21H27N3O. The number of hydrogen-bond acceptors (Lipinski definition) is 2. The van der Waals surface area contributed by atoms with Gasteiger partial charge in [0.15, 0.2) is 0 Å². The van der Waals surface area contributed by atoms with Crippen LogP contribution in [0.25, 0.3) is 0 Å². The van der Waals surface area contributed by atoms with Crippen molar-refractivity contribution < 1.29 is 4.79 Å². The third-order valence-corrected chi connectivity index (χ3v) is 6.17. The predicted molar refractivity (Wildman–Crippen MR) is 98.2 cm³/mol. The van der Waals surface area contributed by atoms with E-state index in [1.54, 1.807) is 0 Å². The molecule has 1 aromatic carbocycles. The van der Waals surface area contributed by atoms with Crippen molar-refractivity contribution in [3.05, 3.63) is 53.3 Å². The van der Waals surface area contributed by atoms with Gasteiger partial charge in [-0.2, -0.15) is 5.10 Å². The Bertz CT molecular complexity index is 746. The zero-order valence-corrected chi connectivity index (χ0v) is 15.2. The quantitative estimate of drug-likeness (QED) is 0.850. The second-order valence-electron chi connectivity index (χ2n) is 7.73. The Morgan fingerprint density at radius 1 is 1.28 bits per heavy atom. The van der Waals surface area contributed by atoms with Crippen LogP contribution < -0.4 is 0 Å². The first-order valence-corrected chi connectivity index (χ1v) is 9.45. The first kappa shape index (κ1) is 16.4. The summed E-state index contributed by atoms with van der Waals surface area (Å²) in [4.78, 5) is 14.8. The number of carbonyl (C=O) groups excluding carboxylic acids is 1. The van der Waals surface area contributed by atoms with Crippen LogP contribution in [-0.4, -0.2) is 27.6 Å². The summed E-state index contributed by atoms with van der Waals surface area (Å²) in [5.74, 6) is 1.47. The minimum Gasteiger partial charge on any atom is -0.339 e. The van der Waals surface area contributed by atoms with Crippen LogP contribution in [0.4, 0.5) is 0 Å². The Balaban J connectivity index is 1.35. The van der Waals surface area contributed by atoms with Crippen LogP contribution in [0.15, 0.2) is 36.5 Å². The van der Waals surface area contributed by atoms with E-state index in [2.05, 4.69) is 35.4 Å². The summed E-state index contributed by atoms with van der Waals surface area (Å²) in [6.45, 7) is 0. The molecule has 0 saturated heterocycles. The van der Waals surface area contributed by atoms with Crippen LogP contribution in [-0.2, 0) is 18.3 Å². The monoisotopic (exact) mass is 337 g/mol. The Labute approximate surface area is 149 Å². The second-order valence-corrected chi connectivity index (χ2v) is 7.73. The summed E-state index contributed by atoms with van der Waals surface area (Å²) in [7, 11) is 3.98. The number of amides is 1. The molecule has 132 valence electrons. The highest BCUT2D eigenvalue weighted by atomic mass is 16.2. The molecule has 4 heteroatoms. The van der Waals surface area contributed by atoms with Crippen molar-refractivity contribution in [2.75, 3.05) is 7.05 Å². The molecule has 0 radical (unpaired) electrons. The average Bonchev–Trinajstić information content (AvgIpc) is 2.99. The molecule has 1 heterocycles. The molecule has 2 aliphatic carbocycles. The van der Waals surface area contributed by atoms with Crippen LogP contribution in [0, 0.1) is 5.92 Å². The SMILES string of the molecule is CN(C(=O)CC1CC(c2ccccc2)C1)[C@@H]1CCCc2c1cnn2C. The van der Waals surface area contributed by atoms with Crippen molar-refractivity contribution in [2.24, 2.45) is 13.0 Å². The second kappa shape index (κ2) is 6.66. The van der Waals surface area contributed by atoms with Crippen LogP contribution >= 0.6 is 0 Å². The smallest absolute Gasteiger partial charge is 0.223 e. The van der Waals surface area contributed by atoms with Gasteiger partial charge in [-0.3, -0.25) is 9.48 Å². The minimum absolute atomic E-state index is 0.204. The first-order chi connectivity index (χ1) is 12.1. The maximum atomic E-state index is 12.8. The third kappa shape index (κ3) is 3.10. The lowest BCUT2D eigenvalue weighted by atomic mass is 9.70. The standard InChI is InChI=1S/C21H27N3O/c1-23(19-9-6-10-20-18(19)14-22-24(20)2)21(25)13-15-11-17(12-15)16-7-4-3-5-8-16/h3-5,7-8,14-15,17,19H,6,9-13H2,1-2H3/t15?,17?,19-/m1/s1. The molecule has 1 atom stereocenters. The summed E-state index contributed by atoms with van der Waals surface area (Å²) in [6, 6.07) is 10.9. The number of aryl methyl sites for hydroxylation is 1. The van der Waals surface area contributed by atoms with E-state index in [0.717, 1.165) is 32.1 Å². The number of hydrogen-bond donors (Lipinski definition) is 0. The lowest BCUT2D eigenvalue weighted by molar-refractivity contribution is -0.134. The maximum Gasteiger partial charge on any atom is 0.223 e. The van der Waals surface area contributed by atoms with E-state index in [1.807, 2.05) is 29.9 Å². The van der Waals surface area contributed by atoms with E-state index in [9.17, 15) is 4.79 Å². The van der Waals surface area contributed by atoms with Crippen molar-refractivity contribution in [1.29, 1.82) is 0 Å². The number of aromatic nitrogens is 2. The molecule has 1 aromatic heterocycles. The van der Waals surface area contributed by atoms with Crippen LogP contribution in [0.2, 0.25) is 0 Å². The van der Waals surface area contributed by atoms with Gasteiger partial charge in [-0.05, 0) is 49.5 Å². The summed E-state index contributed by atoms with van der Waals surface area (Å²) in [5.41, 5.74) is 3.97. The van der Waals surface area contributed by atoms with Crippen LogP contribution in [0.1, 0.15) is 60.9 Å². The third-order valence-electron chi connectivity index (χ3n) is 6.17. The summed E-state index contributed by atoms with van der Waals surface area (Å²) >= 11 is 0. The molecule has 0 unspecified atom stereocenters. The normalized spacial score (nSPS) is 25.1. The molecule has 4 nitrogen and oxygen atoms in total. The molecule has 4 rings (SSSR count). The minimum atomic E-state index is 0.204. The highest BCUT2D eigenvalue weighted by Crippen LogP contribution is 2.44. The number of rotatable bonds is 4. The average molecular weight is 337 g/mol. The summed E-state index contributed by atoms with van der Waals surface area (Å²) in [5, 5.41) is 4.40. The Hall–Kier alpha value is -2.10. The number of fused-ring (bicyclic) bond motifs is 1. The van der Waals surface area contributed by atoms with Crippen molar-refractivity contribution in [3.8, 4) is 0 Å². The van der Waals surface area contributed by atoms with Gasteiger partial charge in [0.1, 0.15) is 0 Å². The summed E-state index contributed by atoms with van der Waals surface area (Å²) < 4.78 is 1.97. The number of nitrogens with zero attached hydrogens (tertiary/aromatic N) is 3. The van der Waals surface area contributed by atoms with Crippen molar-refractivity contribution in [3.63, 3.8) is 0 Å². The molecule has 0 spiro atoms.